The molecule has 1 aromatic carbocycles. The number of hydrogen-bond donors (Lipinski definition) is 0. The van der Waals surface area contributed by atoms with E-state index in [2.05, 4.69) is 47.1 Å². The molecule has 0 nitrogen and oxygen atoms in total. The van der Waals surface area contributed by atoms with Crippen molar-refractivity contribution in [2.24, 2.45) is 0 Å². The van der Waals surface area contributed by atoms with Gasteiger partial charge in [-0.25, -0.2) is 0 Å². The fourth-order valence-corrected chi connectivity index (χ4v) is 9.17. The molecule has 0 unspecified atom stereocenters. The molecule has 1 heteroatoms. The van der Waals surface area contributed by atoms with E-state index in [1.807, 2.05) is 0 Å². The molecule has 0 saturated heterocycles. The van der Waals surface area contributed by atoms with Crippen molar-refractivity contribution < 1.29 is 0 Å². The fraction of sp³-hybridized carbons (Fsp3) is 0.455. The Morgan fingerprint density at radius 2 is 1.67 bits per heavy atom. The second-order valence-corrected chi connectivity index (χ2v) is 17.8. The van der Waals surface area contributed by atoms with E-state index in [1.54, 1.807) is 3.58 Å². The van der Waals surface area contributed by atoms with E-state index < -0.39 is 18.4 Å². The molecule has 1 aromatic rings. The van der Waals surface area contributed by atoms with Crippen molar-refractivity contribution in [3.8, 4) is 0 Å². The van der Waals surface area contributed by atoms with Crippen LogP contribution in [0.5, 0.6) is 0 Å². The first kappa shape index (κ1) is 10.1. The van der Waals surface area contributed by atoms with E-state index in [-0.39, 0.29) is 0 Å². The Morgan fingerprint density at radius 1 is 1.08 bits per heavy atom. The molecule has 0 fully saturated rings. The van der Waals surface area contributed by atoms with Gasteiger partial charge in [-0.2, -0.15) is 0 Å². The molecular formula is C11H18Sn. The Balaban J connectivity index is 2.82. The molecule has 66 valence electrons. The summed E-state index contributed by atoms with van der Waals surface area (Å²) in [7, 11) is 0. The van der Waals surface area contributed by atoms with Gasteiger partial charge in [0.25, 0.3) is 0 Å². The molecule has 0 spiro atoms. The molecule has 0 aliphatic heterocycles. The molecule has 0 aliphatic carbocycles. The van der Waals surface area contributed by atoms with Gasteiger partial charge in [-0.1, -0.05) is 0 Å². The molecule has 12 heavy (non-hydrogen) atoms. The van der Waals surface area contributed by atoms with Gasteiger partial charge in [0.05, 0.1) is 0 Å². The van der Waals surface area contributed by atoms with Crippen LogP contribution in [0.15, 0.2) is 30.3 Å². The van der Waals surface area contributed by atoms with E-state index in [4.69, 9.17) is 0 Å². The predicted octanol–water partition coefficient (Wildman–Crippen LogP) is 3.01. The van der Waals surface area contributed by atoms with E-state index in [1.165, 1.54) is 10.9 Å². The first-order valence-corrected chi connectivity index (χ1v) is 13.9. The van der Waals surface area contributed by atoms with Gasteiger partial charge in [0.15, 0.2) is 0 Å². The van der Waals surface area contributed by atoms with Crippen molar-refractivity contribution in [1.82, 2.24) is 0 Å². The summed E-state index contributed by atoms with van der Waals surface area (Å²) in [5, 5.41) is 0. The summed E-state index contributed by atoms with van der Waals surface area (Å²) in [6.07, 6.45) is 1.35. The summed E-state index contributed by atoms with van der Waals surface area (Å²) in [6, 6.07) is 11.1. The van der Waals surface area contributed by atoms with Gasteiger partial charge < -0.3 is 0 Å². The van der Waals surface area contributed by atoms with Gasteiger partial charge in [-0.05, 0) is 0 Å². The van der Waals surface area contributed by atoms with Crippen LogP contribution < -0.4 is 3.58 Å². The third kappa shape index (κ3) is 2.51. The molecule has 0 saturated carbocycles. The molecule has 1 rings (SSSR count). The molecule has 0 N–H and O–H groups in total. The molecule has 0 aliphatic rings. The average molecular weight is 269 g/mol. The summed E-state index contributed by atoms with van der Waals surface area (Å²) in [5.41, 5.74) is 0. The van der Waals surface area contributed by atoms with Crippen LogP contribution in [0, 0.1) is 0 Å². The summed E-state index contributed by atoms with van der Waals surface area (Å²) < 4.78 is 3.13. The van der Waals surface area contributed by atoms with Gasteiger partial charge in [0, 0.05) is 0 Å². The van der Waals surface area contributed by atoms with Crippen LogP contribution >= 0.6 is 0 Å². The topological polar surface area (TPSA) is 0 Å². The van der Waals surface area contributed by atoms with Crippen LogP contribution in [0.25, 0.3) is 0 Å². The van der Waals surface area contributed by atoms with Gasteiger partial charge in [-0.3, -0.25) is 0 Å². The normalized spacial score (nSPS) is 11.6. The van der Waals surface area contributed by atoms with E-state index in [0.29, 0.717) is 0 Å². The van der Waals surface area contributed by atoms with Gasteiger partial charge in [0.2, 0.25) is 0 Å². The minimum atomic E-state index is -1.81. The van der Waals surface area contributed by atoms with Gasteiger partial charge in [-0.15, -0.1) is 0 Å². The number of rotatable bonds is 3. The van der Waals surface area contributed by atoms with Crippen molar-refractivity contribution >= 4 is 22.0 Å². The van der Waals surface area contributed by atoms with Crippen LogP contribution in [0.3, 0.4) is 0 Å². The molecular weight excluding hydrogens is 251 g/mol. The van der Waals surface area contributed by atoms with Crippen molar-refractivity contribution in [3.05, 3.63) is 30.3 Å². The molecule has 0 heterocycles. The Hall–Kier alpha value is 0.0187. The van der Waals surface area contributed by atoms with Crippen LogP contribution in [-0.4, -0.2) is 18.4 Å². The molecule has 0 aromatic heterocycles. The van der Waals surface area contributed by atoms with Crippen LogP contribution in [0.1, 0.15) is 13.3 Å². The molecule has 0 radical (unpaired) electrons. The standard InChI is InChI=1S/C6H5.C3H7.2CH3.Sn/c1-2-4-6-5-3-1;1-3-2;;;/h1-5H;1,3H2,2H3;2*1H3;. The minimum absolute atomic E-state index is 1.35. The zero-order chi connectivity index (χ0) is 9.03. The SMILES string of the molecule is CC[CH2][Sn]([CH3])([CH3])[c]1ccccc1. The average Bonchev–Trinajstić information content (AvgIpc) is 2.06. The van der Waals surface area contributed by atoms with Crippen molar-refractivity contribution in [2.75, 3.05) is 0 Å². The van der Waals surface area contributed by atoms with Crippen molar-refractivity contribution in [3.63, 3.8) is 0 Å². The number of hydrogen-bond acceptors (Lipinski definition) is 0. The van der Waals surface area contributed by atoms with Crippen molar-refractivity contribution in [2.45, 2.75) is 27.7 Å². The summed E-state index contributed by atoms with van der Waals surface area (Å²) in [6.45, 7) is 2.29. The summed E-state index contributed by atoms with van der Waals surface area (Å²) in [4.78, 5) is 5.04. The first-order valence-electron chi connectivity index (χ1n) is 4.72. The third-order valence-electron chi connectivity index (χ3n) is 2.43. The Bertz CT molecular complexity index is 226. The maximum atomic E-state index is 2.52. The molecule has 0 atom stereocenters. The summed E-state index contributed by atoms with van der Waals surface area (Å²) in [5.74, 6) is 0. The Kier molecular flexibility index (Phi) is 3.63. The van der Waals surface area contributed by atoms with Gasteiger partial charge >= 0.3 is 79.9 Å². The zero-order valence-electron chi connectivity index (χ0n) is 8.30. The van der Waals surface area contributed by atoms with Crippen molar-refractivity contribution in [1.29, 1.82) is 0 Å². The second kappa shape index (κ2) is 4.31. The third-order valence-corrected chi connectivity index (χ3v) is 12.8. The van der Waals surface area contributed by atoms with Crippen LogP contribution in [0.4, 0.5) is 0 Å². The first-order chi connectivity index (χ1) is 5.67. The summed E-state index contributed by atoms with van der Waals surface area (Å²) >= 11 is -1.81. The zero-order valence-corrected chi connectivity index (χ0v) is 11.2. The monoisotopic (exact) mass is 270 g/mol. The van der Waals surface area contributed by atoms with Crippen LogP contribution in [0.2, 0.25) is 14.3 Å². The van der Waals surface area contributed by atoms with E-state index in [9.17, 15) is 0 Å². The number of benzene rings is 1. The second-order valence-electron chi connectivity index (χ2n) is 4.00. The fourth-order valence-electron chi connectivity index (χ4n) is 1.66. The predicted molar refractivity (Wildman–Crippen MR) is 58.7 cm³/mol. The van der Waals surface area contributed by atoms with Gasteiger partial charge in [0.1, 0.15) is 0 Å². The van der Waals surface area contributed by atoms with E-state index >= 15 is 0 Å². The molecule has 0 amide bonds. The van der Waals surface area contributed by atoms with Crippen LogP contribution in [-0.2, 0) is 0 Å². The maximum absolute atomic E-state index is 2.52. The van der Waals surface area contributed by atoms with E-state index in [0.717, 1.165) is 0 Å². The quantitative estimate of drug-likeness (QED) is 0.740. The Labute approximate surface area is 79.9 Å². The Morgan fingerprint density at radius 3 is 2.17 bits per heavy atom. The molecule has 0 bridgehead atoms.